The molecule has 0 aromatic heterocycles. The molecule has 0 bridgehead atoms. The number of anilines is 1. The van der Waals surface area contributed by atoms with Crippen molar-refractivity contribution >= 4 is 21.4 Å². The first-order valence-electron chi connectivity index (χ1n) is 7.41. The van der Waals surface area contributed by atoms with Gasteiger partial charge in [-0.3, -0.25) is 4.79 Å². The summed E-state index contributed by atoms with van der Waals surface area (Å²) in [4.78, 5) is 12.1. The van der Waals surface area contributed by atoms with Crippen molar-refractivity contribution in [2.75, 3.05) is 11.1 Å². The second-order valence-corrected chi connectivity index (χ2v) is 7.86. The van der Waals surface area contributed by atoms with Crippen molar-refractivity contribution in [1.82, 2.24) is 0 Å². The molecule has 2 aromatic rings. The molecular weight excluding hydrogens is 371 g/mol. The summed E-state index contributed by atoms with van der Waals surface area (Å²) in [5.41, 5.74) is -3.17. The van der Waals surface area contributed by atoms with E-state index >= 15 is 0 Å². The number of rotatable bonds is 5. The lowest BCUT2D eigenvalue weighted by Crippen LogP contribution is -2.45. The fourth-order valence-corrected chi connectivity index (χ4v) is 3.76. The van der Waals surface area contributed by atoms with Crippen molar-refractivity contribution in [3.8, 4) is 0 Å². The van der Waals surface area contributed by atoms with E-state index in [0.29, 0.717) is 0 Å². The van der Waals surface area contributed by atoms with Gasteiger partial charge in [0, 0.05) is 5.69 Å². The number of alkyl halides is 3. The van der Waals surface area contributed by atoms with Crippen molar-refractivity contribution in [2.45, 2.75) is 23.6 Å². The Bertz CT molecular complexity index is 876. The minimum atomic E-state index is -4.52. The third-order valence-corrected chi connectivity index (χ3v) is 5.47. The lowest BCUT2D eigenvalue weighted by Gasteiger charge is -2.22. The molecule has 2 aromatic carbocycles. The molecule has 2 N–H and O–H groups in total. The molecule has 0 saturated carbocycles. The van der Waals surface area contributed by atoms with Crippen LogP contribution < -0.4 is 5.32 Å². The predicted molar refractivity (Wildman–Crippen MR) is 89.2 cm³/mol. The first-order chi connectivity index (χ1) is 11.9. The second-order valence-electron chi connectivity index (χ2n) is 5.88. The number of carbonyl (C=O) groups is 1. The number of sulfone groups is 1. The summed E-state index contributed by atoms with van der Waals surface area (Å²) >= 11 is 0. The number of aliphatic hydroxyl groups is 1. The molecule has 1 amide bonds. The van der Waals surface area contributed by atoms with Crippen LogP contribution in [0.5, 0.6) is 0 Å². The molecule has 0 radical (unpaired) electrons. The van der Waals surface area contributed by atoms with Crippen LogP contribution in [-0.2, 0) is 20.8 Å². The Labute approximate surface area is 148 Å². The van der Waals surface area contributed by atoms with Gasteiger partial charge in [0.2, 0.25) is 0 Å². The molecule has 26 heavy (non-hydrogen) atoms. The van der Waals surface area contributed by atoms with Crippen LogP contribution in [0.3, 0.4) is 0 Å². The fraction of sp³-hybridized carbons (Fsp3) is 0.235. The van der Waals surface area contributed by atoms with Gasteiger partial charge in [0.1, 0.15) is 0 Å². The molecular formula is C17H16F3NO4S. The van der Waals surface area contributed by atoms with Gasteiger partial charge in [0.05, 0.1) is 16.2 Å². The third kappa shape index (κ3) is 4.83. The number of hydrogen-bond donors (Lipinski definition) is 2. The third-order valence-electron chi connectivity index (χ3n) is 3.53. The number of hydrogen-bond acceptors (Lipinski definition) is 4. The highest BCUT2D eigenvalue weighted by molar-refractivity contribution is 7.91. The number of carbonyl (C=O) groups excluding carboxylic acids is 1. The monoisotopic (exact) mass is 387 g/mol. The van der Waals surface area contributed by atoms with E-state index in [2.05, 4.69) is 5.32 Å². The fourth-order valence-electron chi connectivity index (χ4n) is 2.16. The number of halogens is 3. The Balaban J connectivity index is 2.13. The van der Waals surface area contributed by atoms with Gasteiger partial charge in [-0.2, -0.15) is 13.2 Å². The summed E-state index contributed by atoms with van der Waals surface area (Å²) in [5.74, 6) is -1.92. The van der Waals surface area contributed by atoms with Gasteiger partial charge in [0.15, 0.2) is 15.4 Å². The molecule has 140 valence electrons. The second kappa shape index (κ2) is 7.08. The topological polar surface area (TPSA) is 83.5 Å². The minimum absolute atomic E-state index is 0.000356. The van der Waals surface area contributed by atoms with E-state index in [9.17, 15) is 31.5 Å². The maximum atomic E-state index is 12.5. The summed E-state index contributed by atoms with van der Waals surface area (Å²) in [6.07, 6.45) is -4.52. The summed E-state index contributed by atoms with van der Waals surface area (Å²) in [5, 5.41) is 12.5. The highest BCUT2D eigenvalue weighted by atomic mass is 32.2. The van der Waals surface area contributed by atoms with Crippen LogP contribution in [0.4, 0.5) is 18.9 Å². The van der Waals surface area contributed by atoms with E-state index in [4.69, 9.17) is 0 Å². The van der Waals surface area contributed by atoms with Crippen molar-refractivity contribution in [1.29, 1.82) is 0 Å². The smallest absolute Gasteiger partial charge is 0.379 e. The largest absolute Gasteiger partial charge is 0.416 e. The lowest BCUT2D eigenvalue weighted by molar-refractivity contribution is -0.137. The molecule has 0 fully saturated rings. The van der Waals surface area contributed by atoms with E-state index in [0.717, 1.165) is 31.2 Å². The predicted octanol–water partition coefficient (Wildman–Crippen LogP) is 2.87. The highest BCUT2D eigenvalue weighted by Crippen LogP contribution is 2.30. The van der Waals surface area contributed by atoms with Gasteiger partial charge >= 0.3 is 6.18 Å². The zero-order valence-electron chi connectivity index (χ0n) is 13.6. The summed E-state index contributed by atoms with van der Waals surface area (Å²) in [6, 6.07) is 10.9. The Morgan fingerprint density at radius 2 is 1.58 bits per heavy atom. The average Bonchev–Trinajstić information content (AvgIpc) is 2.54. The van der Waals surface area contributed by atoms with Crippen LogP contribution >= 0.6 is 0 Å². The van der Waals surface area contributed by atoms with Crippen LogP contribution in [0, 0.1) is 0 Å². The molecule has 0 aliphatic carbocycles. The normalized spacial score (nSPS) is 14.5. The first kappa shape index (κ1) is 19.9. The Morgan fingerprint density at radius 1 is 1.04 bits per heavy atom. The molecule has 0 unspecified atom stereocenters. The Morgan fingerprint density at radius 3 is 2.08 bits per heavy atom. The van der Waals surface area contributed by atoms with Crippen LogP contribution in [-0.4, -0.2) is 30.8 Å². The molecule has 2 rings (SSSR count). The zero-order chi connectivity index (χ0) is 19.6. The van der Waals surface area contributed by atoms with Gasteiger partial charge in [-0.05, 0) is 43.3 Å². The molecule has 5 nitrogen and oxygen atoms in total. The average molecular weight is 387 g/mol. The van der Waals surface area contributed by atoms with Gasteiger partial charge in [0.25, 0.3) is 5.91 Å². The van der Waals surface area contributed by atoms with E-state index in [-0.39, 0.29) is 10.6 Å². The molecule has 0 aliphatic heterocycles. The van der Waals surface area contributed by atoms with Gasteiger partial charge in [-0.15, -0.1) is 0 Å². The molecule has 0 saturated heterocycles. The highest BCUT2D eigenvalue weighted by Gasteiger charge is 2.37. The first-order valence-corrected chi connectivity index (χ1v) is 9.06. The summed E-state index contributed by atoms with van der Waals surface area (Å²) in [7, 11) is -3.94. The van der Waals surface area contributed by atoms with E-state index < -0.39 is 38.8 Å². The van der Waals surface area contributed by atoms with E-state index in [1.807, 2.05) is 0 Å². The van der Waals surface area contributed by atoms with Crippen molar-refractivity contribution in [3.63, 3.8) is 0 Å². The van der Waals surface area contributed by atoms with Gasteiger partial charge < -0.3 is 10.4 Å². The van der Waals surface area contributed by atoms with Gasteiger partial charge in [-0.25, -0.2) is 8.42 Å². The maximum absolute atomic E-state index is 12.5. The number of amides is 1. The molecule has 0 aliphatic rings. The van der Waals surface area contributed by atoms with Crippen LogP contribution in [0.1, 0.15) is 12.5 Å². The number of nitrogens with one attached hydrogen (secondary N) is 1. The Hall–Kier alpha value is -2.39. The standard InChI is InChI=1S/C17H16F3NO4S/c1-16(23,11-26(24,25)14-5-3-2-4-6-14)15(22)21-13-9-7-12(8-10-13)17(18,19)20/h2-10,23H,11H2,1H3,(H,21,22)/t16-/m0/s1. The Kier molecular flexibility index (Phi) is 5.43. The van der Waals surface area contributed by atoms with Crippen LogP contribution in [0.15, 0.2) is 59.5 Å². The lowest BCUT2D eigenvalue weighted by atomic mass is 10.1. The van der Waals surface area contributed by atoms with Crippen molar-refractivity contribution < 1.29 is 31.5 Å². The maximum Gasteiger partial charge on any atom is 0.416 e. The van der Waals surface area contributed by atoms with Crippen molar-refractivity contribution in [2.24, 2.45) is 0 Å². The summed E-state index contributed by atoms with van der Waals surface area (Å²) < 4.78 is 62.2. The van der Waals surface area contributed by atoms with E-state index in [1.54, 1.807) is 6.07 Å². The number of benzene rings is 2. The van der Waals surface area contributed by atoms with Crippen LogP contribution in [0.25, 0.3) is 0 Å². The van der Waals surface area contributed by atoms with E-state index in [1.165, 1.54) is 24.3 Å². The SMILES string of the molecule is C[C@](O)(CS(=O)(=O)c1ccccc1)C(=O)Nc1ccc(C(F)(F)F)cc1. The zero-order valence-corrected chi connectivity index (χ0v) is 14.4. The van der Waals surface area contributed by atoms with Crippen LogP contribution in [0.2, 0.25) is 0 Å². The minimum Gasteiger partial charge on any atom is -0.379 e. The van der Waals surface area contributed by atoms with Gasteiger partial charge in [-0.1, -0.05) is 18.2 Å². The summed E-state index contributed by atoms with van der Waals surface area (Å²) in [6.45, 7) is 1.02. The molecule has 9 heteroatoms. The van der Waals surface area contributed by atoms with Crippen molar-refractivity contribution in [3.05, 3.63) is 60.2 Å². The quantitative estimate of drug-likeness (QED) is 0.826. The molecule has 1 atom stereocenters. The molecule has 0 heterocycles. The molecule has 0 spiro atoms.